The Morgan fingerprint density at radius 3 is 3.12 bits per heavy atom. The first-order valence-corrected chi connectivity index (χ1v) is 9.85. The van der Waals surface area contributed by atoms with Crippen LogP contribution in [0.3, 0.4) is 0 Å². The number of thiazole rings is 1. The lowest BCUT2D eigenvalue weighted by Gasteiger charge is -2.35. The van der Waals surface area contributed by atoms with E-state index in [1.165, 1.54) is 17.7 Å². The van der Waals surface area contributed by atoms with E-state index in [2.05, 4.69) is 15.2 Å². The second kappa shape index (κ2) is 8.89. The van der Waals surface area contributed by atoms with Crippen molar-refractivity contribution in [3.8, 4) is 0 Å². The van der Waals surface area contributed by atoms with Gasteiger partial charge < -0.3 is 15.8 Å². The van der Waals surface area contributed by atoms with Crippen LogP contribution in [-0.4, -0.2) is 48.1 Å². The third-order valence-corrected chi connectivity index (χ3v) is 5.86. The van der Waals surface area contributed by atoms with Gasteiger partial charge in [-0.15, -0.1) is 11.3 Å². The molecule has 2 atom stereocenters. The molecule has 3 heterocycles. The van der Waals surface area contributed by atoms with Crippen LogP contribution in [-0.2, 0) is 16.1 Å². The molecule has 24 heavy (non-hydrogen) atoms. The van der Waals surface area contributed by atoms with Gasteiger partial charge in [0.2, 0.25) is 5.91 Å². The summed E-state index contributed by atoms with van der Waals surface area (Å²) in [5.74, 6) is 0.0569. The zero-order chi connectivity index (χ0) is 16.8. The first-order valence-electron chi connectivity index (χ1n) is 9.03. The Bertz CT molecular complexity index is 530. The van der Waals surface area contributed by atoms with Gasteiger partial charge in [0.25, 0.3) is 0 Å². The van der Waals surface area contributed by atoms with Gasteiger partial charge >= 0.3 is 0 Å². The van der Waals surface area contributed by atoms with Crippen molar-refractivity contribution < 1.29 is 9.53 Å². The minimum atomic E-state index is 0.0569. The Labute approximate surface area is 147 Å². The maximum atomic E-state index is 11.7. The van der Waals surface area contributed by atoms with Crippen molar-refractivity contribution in [2.45, 2.75) is 57.2 Å². The number of carbonyl (C=O) groups is 1. The molecule has 1 amide bonds. The highest BCUT2D eigenvalue weighted by atomic mass is 32.1. The van der Waals surface area contributed by atoms with E-state index >= 15 is 0 Å². The van der Waals surface area contributed by atoms with Gasteiger partial charge in [0.15, 0.2) is 0 Å². The normalized spacial score (nSPS) is 25.0. The quantitative estimate of drug-likeness (QED) is 0.782. The van der Waals surface area contributed by atoms with E-state index in [1.807, 2.05) is 6.20 Å². The Hall–Kier alpha value is -1.02. The van der Waals surface area contributed by atoms with Crippen LogP contribution in [0, 0.1) is 0 Å². The van der Waals surface area contributed by atoms with Gasteiger partial charge in [-0.2, -0.15) is 0 Å². The largest absolute Gasteiger partial charge is 0.371 e. The van der Waals surface area contributed by atoms with Crippen LogP contribution >= 0.6 is 11.3 Å². The Kier molecular flexibility index (Phi) is 6.59. The zero-order valence-electron chi connectivity index (χ0n) is 14.2. The minimum absolute atomic E-state index is 0.0569. The van der Waals surface area contributed by atoms with E-state index in [9.17, 15) is 4.79 Å². The molecule has 0 aromatic carbocycles. The number of rotatable bonds is 7. The summed E-state index contributed by atoms with van der Waals surface area (Å²) < 4.78 is 5.73. The Morgan fingerprint density at radius 2 is 2.33 bits per heavy atom. The maximum Gasteiger partial charge on any atom is 0.221 e. The Balaban J connectivity index is 1.54. The molecular formula is C17H28N4O2S. The van der Waals surface area contributed by atoms with Crippen LogP contribution in [0.1, 0.15) is 54.5 Å². The fourth-order valence-corrected chi connectivity index (χ4v) is 4.49. The van der Waals surface area contributed by atoms with Crippen LogP contribution < -0.4 is 11.1 Å². The van der Waals surface area contributed by atoms with Crippen molar-refractivity contribution in [2.24, 2.45) is 5.73 Å². The second-order valence-electron chi connectivity index (χ2n) is 6.63. The summed E-state index contributed by atoms with van der Waals surface area (Å²) in [6, 6.07) is 0.411. The summed E-state index contributed by atoms with van der Waals surface area (Å²) >= 11 is 1.78. The van der Waals surface area contributed by atoms with E-state index in [0.29, 0.717) is 19.0 Å². The first kappa shape index (κ1) is 17.8. The smallest absolute Gasteiger partial charge is 0.221 e. The van der Waals surface area contributed by atoms with Gasteiger partial charge in [-0.1, -0.05) is 6.42 Å². The molecule has 0 spiro atoms. The third kappa shape index (κ3) is 4.75. The topological polar surface area (TPSA) is 80.5 Å². The third-order valence-electron chi connectivity index (χ3n) is 4.79. The molecule has 2 aliphatic rings. The molecule has 0 bridgehead atoms. The van der Waals surface area contributed by atoms with Crippen LogP contribution in [0.25, 0.3) is 0 Å². The van der Waals surface area contributed by atoms with E-state index < -0.39 is 0 Å². The summed E-state index contributed by atoms with van der Waals surface area (Å²) in [4.78, 5) is 20.0. The van der Waals surface area contributed by atoms with Crippen molar-refractivity contribution in [2.75, 3.05) is 26.2 Å². The SMILES string of the molecule is NCCC(=O)NCC1CCCCN1Cc1cnc(C2CCCO2)s1. The van der Waals surface area contributed by atoms with Gasteiger partial charge in [-0.05, 0) is 32.2 Å². The van der Waals surface area contributed by atoms with Gasteiger partial charge in [0.1, 0.15) is 11.1 Å². The molecule has 134 valence electrons. The van der Waals surface area contributed by atoms with Crippen molar-refractivity contribution in [1.82, 2.24) is 15.2 Å². The molecule has 2 fully saturated rings. The summed E-state index contributed by atoms with van der Waals surface area (Å²) in [5, 5.41) is 4.14. The summed E-state index contributed by atoms with van der Waals surface area (Å²) in [6.07, 6.45) is 8.44. The molecule has 2 saturated heterocycles. The number of nitrogens with zero attached hydrogens (tertiary/aromatic N) is 2. The van der Waals surface area contributed by atoms with E-state index in [1.54, 1.807) is 11.3 Å². The van der Waals surface area contributed by atoms with Crippen LogP contribution in [0.15, 0.2) is 6.20 Å². The predicted octanol–water partition coefficient (Wildman–Crippen LogP) is 1.81. The minimum Gasteiger partial charge on any atom is -0.371 e. The lowest BCUT2D eigenvalue weighted by molar-refractivity contribution is -0.121. The Morgan fingerprint density at radius 1 is 1.42 bits per heavy atom. The predicted molar refractivity (Wildman–Crippen MR) is 94.8 cm³/mol. The lowest BCUT2D eigenvalue weighted by Crippen LogP contribution is -2.46. The molecule has 7 heteroatoms. The highest BCUT2D eigenvalue weighted by Gasteiger charge is 2.25. The van der Waals surface area contributed by atoms with Crippen LogP contribution in [0.2, 0.25) is 0 Å². The van der Waals surface area contributed by atoms with E-state index in [-0.39, 0.29) is 12.0 Å². The molecular weight excluding hydrogens is 324 g/mol. The van der Waals surface area contributed by atoms with Crippen LogP contribution in [0.5, 0.6) is 0 Å². The standard InChI is InChI=1S/C17H28N4O2S/c18-7-6-16(22)19-10-13-4-1-2-8-21(13)12-14-11-20-17(24-14)15-5-3-9-23-15/h11,13,15H,1-10,12,18H2,(H,19,22). The van der Waals surface area contributed by atoms with Crippen LogP contribution in [0.4, 0.5) is 0 Å². The highest BCUT2D eigenvalue weighted by Crippen LogP contribution is 2.32. The zero-order valence-corrected chi connectivity index (χ0v) is 15.0. The number of ether oxygens (including phenoxy) is 1. The fourth-order valence-electron chi connectivity index (χ4n) is 3.47. The van der Waals surface area contributed by atoms with Gasteiger partial charge in [0, 0.05) is 49.8 Å². The number of nitrogens with one attached hydrogen (secondary N) is 1. The van der Waals surface area contributed by atoms with Crippen molar-refractivity contribution in [1.29, 1.82) is 0 Å². The monoisotopic (exact) mass is 352 g/mol. The lowest BCUT2D eigenvalue weighted by atomic mass is 10.0. The van der Waals surface area contributed by atoms with Gasteiger partial charge in [-0.25, -0.2) is 4.98 Å². The molecule has 2 unspecified atom stereocenters. The van der Waals surface area contributed by atoms with Crippen molar-refractivity contribution >= 4 is 17.2 Å². The van der Waals surface area contributed by atoms with Gasteiger partial charge in [0.05, 0.1) is 0 Å². The number of aromatic nitrogens is 1. The molecule has 3 rings (SSSR count). The van der Waals surface area contributed by atoms with Crippen molar-refractivity contribution in [3.63, 3.8) is 0 Å². The molecule has 3 N–H and O–H groups in total. The number of likely N-dealkylation sites (tertiary alicyclic amines) is 1. The fraction of sp³-hybridized carbons (Fsp3) is 0.765. The first-order chi connectivity index (χ1) is 11.8. The van der Waals surface area contributed by atoms with E-state index in [4.69, 9.17) is 10.5 Å². The number of amides is 1. The number of piperidine rings is 1. The number of hydrogen-bond acceptors (Lipinski definition) is 6. The average Bonchev–Trinajstić information content (AvgIpc) is 3.25. The summed E-state index contributed by atoms with van der Waals surface area (Å²) in [7, 11) is 0. The molecule has 2 aliphatic heterocycles. The number of hydrogen-bond donors (Lipinski definition) is 2. The maximum absolute atomic E-state index is 11.7. The molecule has 0 aliphatic carbocycles. The molecule has 0 radical (unpaired) electrons. The van der Waals surface area contributed by atoms with Gasteiger partial charge in [-0.3, -0.25) is 9.69 Å². The second-order valence-corrected chi connectivity index (χ2v) is 7.78. The number of nitrogens with two attached hydrogens (primary N) is 1. The molecule has 0 saturated carbocycles. The average molecular weight is 353 g/mol. The summed E-state index contributed by atoms with van der Waals surface area (Å²) in [5.41, 5.74) is 5.43. The van der Waals surface area contributed by atoms with E-state index in [0.717, 1.165) is 50.5 Å². The molecule has 6 nitrogen and oxygen atoms in total. The molecule has 1 aromatic rings. The number of carbonyl (C=O) groups excluding carboxylic acids is 1. The summed E-state index contributed by atoms with van der Waals surface area (Å²) in [6.45, 7) is 3.99. The highest BCUT2D eigenvalue weighted by molar-refractivity contribution is 7.11. The molecule has 1 aromatic heterocycles. The van der Waals surface area contributed by atoms with Crippen molar-refractivity contribution in [3.05, 3.63) is 16.1 Å².